The Balaban J connectivity index is 1.57. The second-order valence-corrected chi connectivity index (χ2v) is 7.09. The Labute approximate surface area is 171 Å². The van der Waals surface area contributed by atoms with Gasteiger partial charge >= 0.3 is 0 Å². The van der Waals surface area contributed by atoms with Crippen molar-refractivity contribution in [1.29, 1.82) is 0 Å². The van der Waals surface area contributed by atoms with Crippen LogP contribution in [-0.2, 0) is 4.74 Å². The van der Waals surface area contributed by atoms with Crippen molar-refractivity contribution >= 4 is 6.08 Å². The van der Waals surface area contributed by atoms with Crippen molar-refractivity contribution in [1.82, 2.24) is 0 Å². The van der Waals surface area contributed by atoms with Gasteiger partial charge in [0.25, 0.3) is 0 Å². The van der Waals surface area contributed by atoms with E-state index in [1.807, 2.05) is 36.4 Å². The van der Waals surface area contributed by atoms with Gasteiger partial charge in [0.15, 0.2) is 11.6 Å². The normalized spacial score (nSPS) is 16.6. The Morgan fingerprint density at radius 3 is 2.79 bits per heavy atom. The molecule has 2 aromatic carbocycles. The first-order chi connectivity index (χ1) is 14.1. The van der Waals surface area contributed by atoms with Crippen LogP contribution in [-0.4, -0.2) is 24.4 Å². The van der Waals surface area contributed by atoms with Crippen LogP contribution in [0.1, 0.15) is 31.7 Å². The van der Waals surface area contributed by atoms with Crippen LogP contribution < -0.4 is 4.74 Å². The Morgan fingerprint density at radius 2 is 2.07 bits per heavy atom. The van der Waals surface area contributed by atoms with Crippen LogP contribution in [0.5, 0.6) is 11.5 Å². The molecular formula is C25H27FO3. The van der Waals surface area contributed by atoms with Crippen LogP contribution in [0.15, 0.2) is 77.9 Å². The lowest BCUT2D eigenvalue weighted by atomic mass is 9.96. The lowest BCUT2D eigenvalue weighted by molar-refractivity contribution is 0.116. The highest BCUT2D eigenvalue weighted by Gasteiger charge is 2.22. The molecule has 1 atom stereocenters. The monoisotopic (exact) mass is 394 g/mol. The average molecular weight is 394 g/mol. The largest absolute Gasteiger partial charge is 0.505 e. The third-order valence-electron chi connectivity index (χ3n) is 5.04. The molecule has 0 saturated carbocycles. The molecule has 29 heavy (non-hydrogen) atoms. The van der Waals surface area contributed by atoms with E-state index in [0.717, 1.165) is 41.7 Å². The molecule has 0 spiro atoms. The minimum absolute atomic E-state index is 0.00613. The minimum atomic E-state index is -0.603. The van der Waals surface area contributed by atoms with Crippen molar-refractivity contribution in [3.63, 3.8) is 0 Å². The summed E-state index contributed by atoms with van der Waals surface area (Å²) in [6.07, 6.45) is 6.59. The third kappa shape index (κ3) is 5.81. The third-order valence-corrected chi connectivity index (χ3v) is 5.04. The number of ether oxygens (including phenoxy) is 2. The van der Waals surface area contributed by atoms with E-state index in [2.05, 4.69) is 19.6 Å². The lowest BCUT2D eigenvalue weighted by Gasteiger charge is -2.18. The molecule has 2 aromatic rings. The predicted molar refractivity (Wildman–Crippen MR) is 114 cm³/mol. The van der Waals surface area contributed by atoms with Gasteiger partial charge in [0, 0.05) is 0 Å². The van der Waals surface area contributed by atoms with Gasteiger partial charge < -0.3 is 14.6 Å². The number of aromatic hydroxyl groups is 1. The van der Waals surface area contributed by atoms with Crippen LogP contribution >= 0.6 is 0 Å². The fourth-order valence-electron chi connectivity index (χ4n) is 3.37. The maximum absolute atomic E-state index is 13.6. The fraction of sp³-hybridized carbons (Fsp3) is 0.280. The van der Waals surface area contributed by atoms with Gasteiger partial charge in [-0.25, -0.2) is 4.39 Å². The molecule has 0 aromatic heterocycles. The standard InChI is InChI=1S/C25H27FO3/c1-3-19(15-20-9-11-24(27)23(26)16-20)10-12-25-22(13-14-28-25)18(2)17-29-21-7-5-4-6-8-21/h4-9,11,13,15-16,25,27H,2-3,10,12,14,17H2,1H3/b19-15+. The average Bonchev–Trinajstić information content (AvgIpc) is 3.21. The lowest BCUT2D eigenvalue weighted by Crippen LogP contribution is -2.14. The van der Waals surface area contributed by atoms with Crippen molar-refractivity contribution in [3.8, 4) is 11.5 Å². The van der Waals surface area contributed by atoms with Crippen molar-refractivity contribution in [2.45, 2.75) is 32.3 Å². The van der Waals surface area contributed by atoms with Crippen molar-refractivity contribution in [2.24, 2.45) is 0 Å². The second kappa shape index (κ2) is 10.1. The Morgan fingerprint density at radius 1 is 1.28 bits per heavy atom. The summed E-state index contributed by atoms with van der Waals surface area (Å²) in [4.78, 5) is 0. The van der Waals surface area contributed by atoms with Crippen LogP contribution in [0.2, 0.25) is 0 Å². The van der Waals surface area contributed by atoms with Gasteiger partial charge in [-0.15, -0.1) is 0 Å². The molecule has 3 nitrogen and oxygen atoms in total. The van der Waals surface area contributed by atoms with Crippen LogP contribution in [0.4, 0.5) is 4.39 Å². The molecule has 1 heterocycles. The summed E-state index contributed by atoms with van der Waals surface area (Å²) in [5.74, 6) is -0.110. The molecule has 1 unspecified atom stereocenters. The van der Waals surface area contributed by atoms with E-state index in [-0.39, 0.29) is 11.9 Å². The van der Waals surface area contributed by atoms with Crippen LogP contribution in [0.3, 0.4) is 0 Å². The molecule has 3 rings (SSSR count). The number of halogens is 1. The van der Waals surface area contributed by atoms with Gasteiger partial charge in [0.05, 0.1) is 12.7 Å². The fourth-order valence-corrected chi connectivity index (χ4v) is 3.37. The first-order valence-electron chi connectivity index (χ1n) is 9.92. The molecule has 1 aliphatic heterocycles. The smallest absolute Gasteiger partial charge is 0.165 e. The highest BCUT2D eigenvalue weighted by atomic mass is 19.1. The maximum atomic E-state index is 13.6. The molecule has 4 heteroatoms. The Bertz CT molecular complexity index is 900. The highest BCUT2D eigenvalue weighted by molar-refractivity contribution is 5.54. The van der Waals surface area contributed by atoms with E-state index >= 15 is 0 Å². The number of para-hydroxylation sites is 1. The molecule has 0 fully saturated rings. The summed E-state index contributed by atoms with van der Waals surface area (Å²) >= 11 is 0. The summed E-state index contributed by atoms with van der Waals surface area (Å²) in [6.45, 7) is 7.28. The number of hydrogen-bond acceptors (Lipinski definition) is 3. The molecular weight excluding hydrogens is 367 g/mol. The van der Waals surface area contributed by atoms with E-state index < -0.39 is 5.82 Å². The molecule has 1 aliphatic rings. The zero-order valence-electron chi connectivity index (χ0n) is 16.7. The van der Waals surface area contributed by atoms with Crippen molar-refractivity contribution in [3.05, 3.63) is 89.3 Å². The molecule has 0 aliphatic carbocycles. The van der Waals surface area contributed by atoms with Gasteiger partial charge in [-0.2, -0.15) is 0 Å². The van der Waals surface area contributed by atoms with E-state index in [1.165, 1.54) is 17.7 Å². The van der Waals surface area contributed by atoms with Gasteiger partial charge in [0.2, 0.25) is 0 Å². The molecule has 0 saturated heterocycles. The summed E-state index contributed by atoms with van der Waals surface area (Å²) < 4.78 is 25.3. The SMILES string of the molecule is C=C(COc1ccccc1)C1=CCOC1CC/C(=C/c1ccc(O)c(F)c1)CC. The summed E-state index contributed by atoms with van der Waals surface area (Å²) in [5.41, 5.74) is 3.99. The summed E-state index contributed by atoms with van der Waals surface area (Å²) in [5, 5.41) is 9.34. The molecule has 0 amide bonds. The number of rotatable bonds is 9. The number of phenolic OH excluding ortho intramolecular Hbond substituents is 1. The van der Waals surface area contributed by atoms with Crippen LogP contribution in [0, 0.1) is 5.82 Å². The van der Waals surface area contributed by atoms with Gasteiger partial charge in [-0.05, 0) is 60.2 Å². The van der Waals surface area contributed by atoms with Crippen molar-refractivity contribution in [2.75, 3.05) is 13.2 Å². The quantitative estimate of drug-likeness (QED) is 0.561. The number of allylic oxidation sites excluding steroid dienone is 1. The predicted octanol–water partition coefficient (Wildman–Crippen LogP) is 6.07. The number of phenols is 1. The first-order valence-corrected chi connectivity index (χ1v) is 9.92. The zero-order chi connectivity index (χ0) is 20.6. The summed E-state index contributed by atoms with van der Waals surface area (Å²) in [6, 6.07) is 14.1. The van der Waals surface area contributed by atoms with Crippen LogP contribution in [0.25, 0.3) is 6.08 Å². The van der Waals surface area contributed by atoms with E-state index in [9.17, 15) is 9.50 Å². The Hall–Kier alpha value is -2.85. The maximum Gasteiger partial charge on any atom is 0.165 e. The highest BCUT2D eigenvalue weighted by Crippen LogP contribution is 2.28. The van der Waals surface area contributed by atoms with E-state index in [1.54, 1.807) is 6.07 Å². The van der Waals surface area contributed by atoms with Crippen molar-refractivity contribution < 1.29 is 19.0 Å². The van der Waals surface area contributed by atoms with E-state index in [4.69, 9.17) is 9.47 Å². The second-order valence-electron chi connectivity index (χ2n) is 7.09. The molecule has 152 valence electrons. The molecule has 0 bridgehead atoms. The number of hydrogen-bond donors (Lipinski definition) is 1. The summed E-state index contributed by atoms with van der Waals surface area (Å²) in [7, 11) is 0. The van der Waals surface area contributed by atoms with Gasteiger partial charge in [-0.3, -0.25) is 0 Å². The molecule has 0 radical (unpaired) electrons. The topological polar surface area (TPSA) is 38.7 Å². The molecule has 1 N–H and O–H groups in total. The number of benzene rings is 2. The van der Waals surface area contributed by atoms with E-state index in [0.29, 0.717) is 13.2 Å². The first kappa shape index (κ1) is 20.9. The minimum Gasteiger partial charge on any atom is -0.505 e. The van der Waals surface area contributed by atoms with Gasteiger partial charge in [-0.1, -0.05) is 55.5 Å². The zero-order valence-corrected chi connectivity index (χ0v) is 16.7. The van der Waals surface area contributed by atoms with Gasteiger partial charge in [0.1, 0.15) is 12.4 Å². The Kier molecular flexibility index (Phi) is 7.25.